The van der Waals surface area contributed by atoms with Crippen molar-refractivity contribution in [3.63, 3.8) is 0 Å². The van der Waals surface area contributed by atoms with Gasteiger partial charge in [-0.25, -0.2) is 4.98 Å². The van der Waals surface area contributed by atoms with E-state index in [1.54, 1.807) is 18.6 Å². The molecule has 1 fully saturated rings. The van der Waals surface area contributed by atoms with Crippen LogP contribution in [0.2, 0.25) is 0 Å². The highest BCUT2D eigenvalue weighted by Crippen LogP contribution is 2.37. The molecule has 1 saturated heterocycles. The van der Waals surface area contributed by atoms with Gasteiger partial charge in [0.15, 0.2) is 0 Å². The number of rotatable bonds is 2. The Morgan fingerprint density at radius 1 is 1.05 bits per heavy atom. The summed E-state index contributed by atoms with van der Waals surface area (Å²) < 4.78 is 17.5. The summed E-state index contributed by atoms with van der Waals surface area (Å²) in [7, 11) is -0.454. The summed E-state index contributed by atoms with van der Waals surface area (Å²) in [6.07, 6.45) is 6.58. The third-order valence-corrected chi connectivity index (χ3v) is 4.02. The number of hydrogen-bond acceptors (Lipinski definition) is 5. The molecule has 0 unspecified atom stereocenters. The second kappa shape index (κ2) is 4.43. The zero-order chi connectivity index (χ0) is 14.4. The molecule has 3 heterocycles. The smallest absolute Gasteiger partial charge is 0.444 e. The molecule has 0 bridgehead atoms. The van der Waals surface area contributed by atoms with Crippen LogP contribution in [0, 0.1) is 0 Å². The van der Waals surface area contributed by atoms with Gasteiger partial charge < -0.3 is 13.7 Å². The highest BCUT2D eigenvalue weighted by molar-refractivity contribution is 6.63. The van der Waals surface area contributed by atoms with E-state index >= 15 is 0 Å². The first-order chi connectivity index (χ1) is 9.41. The monoisotopic (exact) mass is 272 g/mol. The lowest BCUT2D eigenvalue weighted by Gasteiger charge is -2.32. The molecule has 0 saturated carbocycles. The van der Waals surface area contributed by atoms with Gasteiger partial charge in [0, 0.05) is 12.4 Å². The van der Waals surface area contributed by atoms with E-state index in [1.165, 1.54) is 6.26 Å². The van der Waals surface area contributed by atoms with Crippen molar-refractivity contribution in [2.75, 3.05) is 0 Å². The van der Waals surface area contributed by atoms with Crippen molar-refractivity contribution in [3.8, 4) is 11.5 Å². The molecule has 0 amide bonds. The molecule has 104 valence electrons. The van der Waals surface area contributed by atoms with E-state index in [9.17, 15) is 0 Å². The van der Waals surface area contributed by atoms with E-state index in [-0.39, 0.29) is 11.2 Å². The topological polar surface area (TPSA) is 57.4 Å². The third kappa shape index (κ3) is 2.05. The first-order valence-corrected chi connectivity index (χ1v) is 6.60. The van der Waals surface area contributed by atoms with Crippen LogP contribution in [-0.2, 0) is 9.31 Å². The summed E-state index contributed by atoms with van der Waals surface area (Å²) in [5.74, 6) is 0.516. The van der Waals surface area contributed by atoms with Crippen LogP contribution in [0.25, 0.3) is 11.5 Å². The van der Waals surface area contributed by atoms with E-state index in [0.717, 1.165) is 11.0 Å². The zero-order valence-electron chi connectivity index (χ0n) is 12.1. The molecule has 2 aromatic heterocycles. The van der Waals surface area contributed by atoms with Gasteiger partial charge in [0.1, 0.15) is 6.26 Å². The van der Waals surface area contributed by atoms with Gasteiger partial charge in [-0.3, -0.25) is 4.98 Å². The van der Waals surface area contributed by atoms with Gasteiger partial charge in [0.2, 0.25) is 5.89 Å². The van der Waals surface area contributed by atoms with E-state index in [2.05, 4.69) is 9.97 Å². The number of pyridine rings is 1. The molecule has 3 rings (SSSR count). The van der Waals surface area contributed by atoms with Crippen LogP contribution >= 0.6 is 0 Å². The number of aromatic nitrogens is 2. The van der Waals surface area contributed by atoms with Crippen molar-refractivity contribution in [2.45, 2.75) is 38.9 Å². The Labute approximate surface area is 118 Å². The van der Waals surface area contributed by atoms with E-state index in [4.69, 9.17) is 13.7 Å². The van der Waals surface area contributed by atoms with E-state index in [1.807, 2.05) is 33.8 Å². The van der Waals surface area contributed by atoms with Gasteiger partial charge in [-0.05, 0) is 39.2 Å². The summed E-state index contributed by atoms with van der Waals surface area (Å²) in [5.41, 5.74) is 0.904. The summed E-state index contributed by atoms with van der Waals surface area (Å²) in [5, 5.41) is 0. The maximum Gasteiger partial charge on any atom is 0.495 e. The molecule has 0 radical (unpaired) electrons. The third-order valence-electron chi connectivity index (χ3n) is 4.02. The first-order valence-electron chi connectivity index (χ1n) is 6.60. The lowest BCUT2D eigenvalue weighted by molar-refractivity contribution is 0.00578. The number of oxazole rings is 1. The Kier molecular flexibility index (Phi) is 2.95. The Morgan fingerprint density at radius 3 is 2.35 bits per heavy atom. The van der Waals surface area contributed by atoms with Crippen molar-refractivity contribution in [1.29, 1.82) is 0 Å². The second-order valence-corrected chi connectivity index (χ2v) is 5.89. The van der Waals surface area contributed by atoms with Crippen molar-refractivity contribution in [1.82, 2.24) is 9.97 Å². The van der Waals surface area contributed by atoms with Gasteiger partial charge in [0.05, 0.1) is 23.0 Å². The molecule has 0 spiro atoms. The highest BCUT2D eigenvalue weighted by Gasteiger charge is 2.52. The summed E-state index contributed by atoms with van der Waals surface area (Å²) >= 11 is 0. The predicted molar refractivity (Wildman–Crippen MR) is 75.5 cm³/mol. The Morgan fingerprint density at radius 2 is 1.75 bits per heavy atom. The lowest BCUT2D eigenvalue weighted by atomic mass is 9.76. The van der Waals surface area contributed by atoms with Crippen LogP contribution in [0.1, 0.15) is 27.7 Å². The fourth-order valence-electron chi connectivity index (χ4n) is 2.12. The zero-order valence-corrected chi connectivity index (χ0v) is 12.1. The normalized spacial score (nSPS) is 20.3. The Bertz CT molecular complexity index is 595. The number of nitrogens with zero attached hydrogens (tertiary/aromatic N) is 2. The SMILES string of the molecule is CC1(C)OB(c2ccncc2-c2ncco2)OC1(C)C. The van der Waals surface area contributed by atoms with E-state index < -0.39 is 7.12 Å². The summed E-state index contributed by atoms with van der Waals surface area (Å²) in [4.78, 5) is 8.31. The van der Waals surface area contributed by atoms with Crippen LogP contribution in [-0.4, -0.2) is 28.3 Å². The molecule has 0 aliphatic carbocycles. The highest BCUT2D eigenvalue weighted by atomic mass is 16.7. The molecule has 20 heavy (non-hydrogen) atoms. The molecular formula is C14H17BN2O3. The minimum Gasteiger partial charge on any atom is -0.444 e. The molecule has 0 aromatic carbocycles. The predicted octanol–water partition coefficient (Wildman–Crippen LogP) is 2.04. The molecule has 6 heteroatoms. The molecule has 5 nitrogen and oxygen atoms in total. The average Bonchev–Trinajstić information content (AvgIpc) is 2.97. The quantitative estimate of drug-likeness (QED) is 0.783. The average molecular weight is 272 g/mol. The van der Waals surface area contributed by atoms with E-state index in [0.29, 0.717) is 5.89 Å². The Hall–Kier alpha value is -1.66. The summed E-state index contributed by atoms with van der Waals surface area (Å²) in [6, 6.07) is 1.88. The van der Waals surface area contributed by atoms with Crippen LogP contribution in [0.3, 0.4) is 0 Å². The molecule has 2 aromatic rings. The van der Waals surface area contributed by atoms with Crippen molar-refractivity contribution in [3.05, 3.63) is 30.9 Å². The number of hydrogen-bond donors (Lipinski definition) is 0. The molecule has 0 N–H and O–H groups in total. The van der Waals surface area contributed by atoms with Gasteiger partial charge in [-0.15, -0.1) is 0 Å². The largest absolute Gasteiger partial charge is 0.495 e. The minimum absolute atomic E-state index is 0.380. The van der Waals surface area contributed by atoms with Crippen LogP contribution < -0.4 is 5.46 Å². The van der Waals surface area contributed by atoms with Crippen LogP contribution in [0.4, 0.5) is 0 Å². The van der Waals surface area contributed by atoms with Crippen LogP contribution in [0.15, 0.2) is 35.3 Å². The maximum atomic E-state index is 6.07. The van der Waals surface area contributed by atoms with Crippen LogP contribution in [0.5, 0.6) is 0 Å². The van der Waals surface area contributed by atoms with Crippen molar-refractivity contribution >= 4 is 12.6 Å². The maximum absolute atomic E-state index is 6.07. The fourth-order valence-corrected chi connectivity index (χ4v) is 2.12. The molecule has 1 aliphatic rings. The van der Waals surface area contributed by atoms with Gasteiger partial charge >= 0.3 is 7.12 Å². The van der Waals surface area contributed by atoms with Gasteiger partial charge in [-0.2, -0.15) is 0 Å². The molecule has 0 atom stereocenters. The minimum atomic E-state index is -0.454. The van der Waals surface area contributed by atoms with Gasteiger partial charge in [-0.1, -0.05) is 0 Å². The van der Waals surface area contributed by atoms with Crippen molar-refractivity contribution in [2.24, 2.45) is 0 Å². The van der Waals surface area contributed by atoms with Crippen molar-refractivity contribution < 1.29 is 13.7 Å². The molecular weight excluding hydrogens is 255 g/mol. The second-order valence-electron chi connectivity index (χ2n) is 5.89. The fraction of sp³-hybridized carbons (Fsp3) is 0.429. The standard InChI is InChI=1S/C14H17BN2O3/c1-13(2)14(3,4)20-15(19-13)11-5-6-16-9-10(11)12-17-7-8-18-12/h5-9H,1-4H3. The van der Waals surface area contributed by atoms with Gasteiger partial charge in [0.25, 0.3) is 0 Å². The first kappa shape index (κ1) is 13.3. The summed E-state index contributed by atoms with van der Waals surface area (Å²) in [6.45, 7) is 8.11. The molecule has 1 aliphatic heterocycles. The lowest BCUT2D eigenvalue weighted by Crippen LogP contribution is -2.41. The Balaban J connectivity index is 2.01.